The van der Waals surface area contributed by atoms with E-state index in [1.807, 2.05) is 0 Å². The number of aromatic nitrogens is 3. The molecule has 1 N–H and O–H groups in total. The highest BCUT2D eigenvalue weighted by atomic mass is 32.2. The number of pyridine rings is 1. The molecular weight excluding hydrogens is 383 g/mol. The third-order valence-electron chi connectivity index (χ3n) is 3.47. The Balaban J connectivity index is 1.60. The molecule has 0 radical (unpaired) electrons. The molecule has 0 unspecified atom stereocenters. The highest BCUT2D eigenvalue weighted by Crippen LogP contribution is 2.28. The Morgan fingerprint density at radius 3 is 2.71 bits per heavy atom. The van der Waals surface area contributed by atoms with Crippen LogP contribution >= 0.6 is 11.8 Å². The summed E-state index contributed by atoms with van der Waals surface area (Å²) < 4.78 is 24.0. The number of hydrogen-bond donors (Lipinski definition) is 1. The fourth-order valence-corrected chi connectivity index (χ4v) is 2.92. The van der Waals surface area contributed by atoms with Gasteiger partial charge in [0.15, 0.2) is 23.3 Å². The molecule has 0 aliphatic rings. The van der Waals surface area contributed by atoms with Crippen LogP contribution in [0.25, 0.3) is 0 Å². The van der Waals surface area contributed by atoms with Crippen molar-refractivity contribution in [2.75, 3.05) is 19.0 Å². The van der Waals surface area contributed by atoms with Crippen LogP contribution in [0.15, 0.2) is 60.1 Å². The molecule has 0 saturated carbocycles. The van der Waals surface area contributed by atoms with Gasteiger partial charge in [-0.25, -0.2) is 14.4 Å². The average Bonchev–Trinajstić information content (AvgIpc) is 2.71. The lowest BCUT2D eigenvalue weighted by molar-refractivity contribution is -0.118. The van der Waals surface area contributed by atoms with Crippen LogP contribution in [-0.4, -0.2) is 34.6 Å². The van der Waals surface area contributed by atoms with Crippen molar-refractivity contribution in [3.63, 3.8) is 0 Å². The Morgan fingerprint density at radius 2 is 1.96 bits per heavy atom. The molecule has 2 heterocycles. The summed E-state index contributed by atoms with van der Waals surface area (Å²) >= 11 is 1.43. The van der Waals surface area contributed by atoms with Crippen molar-refractivity contribution in [1.82, 2.24) is 15.0 Å². The van der Waals surface area contributed by atoms with Gasteiger partial charge in [-0.15, -0.1) is 0 Å². The Labute approximate surface area is 165 Å². The van der Waals surface area contributed by atoms with E-state index in [4.69, 9.17) is 9.47 Å². The molecule has 7 nitrogen and oxygen atoms in total. The highest BCUT2D eigenvalue weighted by molar-refractivity contribution is 7.98. The number of ether oxygens (including phenoxy) is 2. The SMILES string of the molecule is COc1cnc(CSc2ncccn2)cc1OCC(=O)Nc1cccc(F)c1. The largest absolute Gasteiger partial charge is 0.491 e. The number of hydrogen-bond acceptors (Lipinski definition) is 7. The molecule has 0 spiro atoms. The van der Waals surface area contributed by atoms with Gasteiger partial charge in [-0.1, -0.05) is 17.8 Å². The van der Waals surface area contributed by atoms with Gasteiger partial charge in [0.1, 0.15) is 5.82 Å². The van der Waals surface area contributed by atoms with E-state index in [0.29, 0.717) is 28.1 Å². The standard InChI is InChI=1S/C19H17FN4O3S/c1-26-17-10-23-15(12-28-19-21-6-3-7-22-19)9-16(17)27-11-18(25)24-14-5-2-4-13(20)8-14/h2-10H,11-12H2,1H3,(H,24,25). The maximum Gasteiger partial charge on any atom is 0.262 e. The normalized spacial score (nSPS) is 10.4. The van der Waals surface area contributed by atoms with Crippen molar-refractivity contribution in [3.05, 3.63) is 66.5 Å². The van der Waals surface area contributed by atoms with E-state index >= 15 is 0 Å². The van der Waals surface area contributed by atoms with Crippen LogP contribution in [0.1, 0.15) is 5.69 Å². The van der Waals surface area contributed by atoms with Gasteiger partial charge in [-0.05, 0) is 24.3 Å². The van der Waals surface area contributed by atoms with E-state index in [9.17, 15) is 9.18 Å². The molecule has 0 bridgehead atoms. The van der Waals surface area contributed by atoms with Crippen LogP contribution in [0, 0.1) is 5.82 Å². The number of rotatable bonds is 8. The first-order chi connectivity index (χ1) is 13.6. The molecule has 144 valence electrons. The van der Waals surface area contributed by atoms with Gasteiger partial charge in [0.25, 0.3) is 5.91 Å². The van der Waals surface area contributed by atoms with Gasteiger partial charge < -0.3 is 14.8 Å². The summed E-state index contributed by atoms with van der Waals surface area (Å²) in [6.07, 6.45) is 4.87. The van der Waals surface area contributed by atoms with Crippen LogP contribution in [0.2, 0.25) is 0 Å². The number of carbonyl (C=O) groups excluding carboxylic acids is 1. The molecule has 0 fully saturated rings. The van der Waals surface area contributed by atoms with Gasteiger partial charge >= 0.3 is 0 Å². The van der Waals surface area contributed by atoms with Crippen LogP contribution in [0.5, 0.6) is 11.5 Å². The van der Waals surface area contributed by atoms with Crippen LogP contribution < -0.4 is 14.8 Å². The first-order valence-electron chi connectivity index (χ1n) is 8.25. The van der Waals surface area contributed by atoms with Gasteiger partial charge in [-0.3, -0.25) is 9.78 Å². The molecule has 0 saturated heterocycles. The third kappa shape index (κ3) is 5.65. The summed E-state index contributed by atoms with van der Waals surface area (Å²) in [6, 6.07) is 9.08. The van der Waals surface area contributed by atoms with Crippen LogP contribution in [-0.2, 0) is 10.5 Å². The van der Waals surface area contributed by atoms with Gasteiger partial charge in [0, 0.05) is 29.9 Å². The number of halogens is 1. The van der Waals surface area contributed by atoms with E-state index in [1.165, 1.54) is 43.3 Å². The monoisotopic (exact) mass is 400 g/mol. The molecule has 28 heavy (non-hydrogen) atoms. The van der Waals surface area contributed by atoms with Crippen molar-refractivity contribution in [2.24, 2.45) is 0 Å². The Morgan fingerprint density at radius 1 is 1.14 bits per heavy atom. The Kier molecular flexibility index (Phi) is 6.74. The highest BCUT2D eigenvalue weighted by Gasteiger charge is 2.11. The zero-order valence-corrected chi connectivity index (χ0v) is 15.8. The minimum Gasteiger partial charge on any atom is -0.491 e. The zero-order chi connectivity index (χ0) is 19.8. The maximum atomic E-state index is 13.2. The molecular formula is C19H17FN4O3S. The number of anilines is 1. The number of amides is 1. The third-order valence-corrected chi connectivity index (χ3v) is 4.38. The molecule has 3 rings (SSSR count). The smallest absolute Gasteiger partial charge is 0.262 e. The number of nitrogens with one attached hydrogen (secondary N) is 1. The zero-order valence-electron chi connectivity index (χ0n) is 15.0. The molecule has 3 aromatic rings. The molecule has 0 aliphatic carbocycles. The van der Waals surface area contributed by atoms with E-state index in [0.717, 1.165) is 5.69 Å². The van der Waals surface area contributed by atoms with Crippen molar-refractivity contribution < 1.29 is 18.7 Å². The summed E-state index contributed by atoms with van der Waals surface area (Å²) in [5.74, 6) is 0.469. The van der Waals surface area contributed by atoms with Crippen molar-refractivity contribution >= 4 is 23.4 Å². The topological polar surface area (TPSA) is 86.2 Å². The summed E-state index contributed by atoms with van der Waals surface area (Å²) in [5.41, 5.74) is 1.08. The summed E-state index contributed by atoms with van der Waals surface area (Å²) in [5, 5.41) is 3.21. The van der Waals surface area contributed by atoms with Gasteiger partial charge in [0.05, 0.1) is 19.0 Å². The lowest BCUT2D eigenvalue weighted by atomic mass is 10.3. The molecule has 1 aromatic carbocycles. The number of carbonyl (C=O) groups is 1. The Bertz CT molecular complexity index is 943. The summed E-state index contributed by atoms with van der Waals surface area (Å²) in [7, 11) is 1.49. The average molecular weight is 400 g/mol. The molecule has 2 aromatic heterocycles. The summed E-state index contributed by atoms with van der Waals surface area (Å²) in [4.78, 5) is 24.7. The van der Waals surface area contributed by atoms with Crippen LogP contribution in [0.3, 0.4) is 0 Å². The van der Waals surface area contributed by atoms with Crippen molar-refractivity contribution in [1.29, 1.82) is 0 Å². The first kappa shape index (κ1) is 19.6. The molecule has 0 atom stereocenters. The van der Waals surface area contributed by atoms with E-state index in [1.54, 1.807) is 30.6 Å². The predicted octanol–water partition coefficient (Wildman–Crippen LogP) is 3.33. The second kappa shape index (κ2) is 9.65. The second-order valence-corrected chi connectivity index (χ2v) is 6.44. The Hall–Kier alpha value is -3.20. The van der Waals surface area contributed by atoms with Crippen molar-refractivity contribution in [3.8, 4) is 11.5 Å². The number of thioether (sulfide) groups is 1. The van der Waals surface area contributed by atoms with Crippen LogP contribution in [0.4, 0.5) is 10.1 Å². The molecule has 0 aliphatic heterocycles. The minimum absolute atomic E-state index is 0.259. The quantitative estimate of drug-likeness (QED) is 0.458. The first-order valence-corrected chi connectivity index (χ1v) is 9.23. The van der Waals surface area contributed by atoms with E-state index in [-0.39, 0.29) is 6.61 Å². The summed E-state index contributed by atoms with van der Waals surface area (Å²) in [6.45, 7) is -0.259. The molecule has 1 amide bonds. The fourth-order valence-electron chi connectivity index (χ4n) is 2.21. The lowest BCUT2D eigenvalue weighted by Crippen LogP contribution is -2.20. The maximum absolute atomic E-state index is 13.2. The van der Waals surface area contributed by atoms with Crippen molar-refractivity contribution in [2.45, 2.75) is 10.9 Å². The minimum atomic E-state index is -0.431. The van der Waals surface area contributed by atoms with E-state index < -0.39 is 11.7 Å². The number of nitrogens with zero attached hydrogens (tertiary/aromatic N) is 3. The van der Waals surface area contributed by atoms with Gasteiger partial charge in [0.2, 0.25) is 0 Å². The lowest BCUT2D eigenvalue weighted by Gasteiger charge is -2.12. The number of methoxy groups -OCH3 is 1. The fraction of sp³-hybridized carbons (Fsp3) is 0.158. The predicted molar refractivity (Wildman–Crippen MR) is 103 cm³/mol. The number of benzene rings is 1. The van der Waals surface area contributed by atoms with E-state index in [2.05, 4.69) is 20.3 Å². The second-order valence-electron chi connectivity index (χ2n) is 5.49. The molecule has 9 heteroatoms. The van der Waals surface area contributed by atoms with Gasteiger partial charge in [-0.2, -0.15) is 0 Å².